The number of carbonyl (C=O) groups is 1. The summed E-state index contributed by atoms with van der Waals surface area (Å²) in [6, 6.07) is 18.0. The van der Waals surface area contributed by atoms with Crippen LogP contribution in [0.4, 0.5) is 0 Å². The molecule has 1 aliphatic rings. The second-order valence-corrected chi connectivity index (χ2v) is 14.0. The Bertz CT molecular complexity index is 1690. The molecule has 0 fully saturated rings. The lowest BCUT2D eigenvalue weighted by Crippen LogP contribution is -2.28. The molecule has 5 rings (SSSR count). The minimum atomic E-state index is -1.15. The standard InChI is InChI=1S/C34H35ClN2O3S/c1-19-15-25-30(28(20-11-13-24(35)14-12-20)27(19)29(32(38)39)40-34(5,6)7)41-31(37-25)22-10-8-9-21(16-22)23-17-26(36-18-23)33(2,3)4/h8-18,26,29H,1-7H3,(H,38,39)/t26?,29-/m0/s1. The van der Waals surface area contributed by atoms with Gasteiger partial charge in [0.1, 0.15) is 5.01 Å². The largest absolute Gasteiger partial charge is 0.479 e. The number of hydrogen-bond acceptors (Lipinski definition) is 5. The zero-order valence-corrected chi connectivity index (χ0v) is 26.0. The molecule has 0 amide bonds. The number of allylic oxidation sites excluding steroid dienone is 1. The van der Waals surface area contributed by atoms with Gasteiger partial charge in [0.25, 0.3) is 0 Å². The minimum absolute atomic E-state index is 0.0566. The smallest absolute Gasteiger partial charge is 0.337 e. The number of carboxylic acids is 1. The van der Waals surface area contributed by atoms with Gasteiger partial charge in [-0.05, 0) is 79.6 Å². The molecule has 2 atom stereocenters. The van der Waals surface area contributed by atoms with Crippen LogP contribution in [-0.2, 0) is 9.53 Å². The molecular weight excluding hydrogens is 552 g/mol. The number of aliphatic imine (C=N–C) groups is 1. The second kappa shape index (κ2) is 10.8. The van der Waals surface area contributed by atoms with E-state index in [-0.39, 0.29) is 11.5 Å². The molecule has 3 aromatic carbocycles. The molecule has 7 heteroatoms. The molecule has 1 N–H and O–H groups in total. The number of carboxylic acid groups (broad SMARTS) is 1. The number of thiazole rings is 1. The molecule has 1 unspecified atom stereocenters. The Labute approximate surface area is 250 Å². The Balaban J connectivity index is 1.68. The van der Waals surface area contributed by atoms with E-state index < -0.39 is 17.7 Å². The Kier molecular flexibility index (Phi) is 7.70. The van der Waals surface area contributed by atoms with Crippen molar-refractivity contribution in [3.63, 3.8) is 0 Å². The first-order chi connectivity index (χ1) is 19.2. The third-order valence-electron chi connectivity index (χ3n) is 7.06. The average Bonchev–Trinajstić information content (AvgIpc) is 3.55. The van der Waals surface area contributed by atoms with Gasteiger partial charge < -0.3 is 9.84 Å². The monoisotopic (exact) mass is 586 g/mol. The maximum atomic E-state index is 12.6. The van der Waals surface area contributed by atoms with Crippen LogP contribution in [0.25, 0.3) is 37.5 Å². The van der Waals surface area contributed by atoms with Crippen LogP contribution < -0.4 is 0 Å². The van der Waals surface area contributed by atoms with Gasteiger partial charge in [0.05, 0.1) is 21.9 Å². The van der Waals surface area contributed by atoms with Crippen LogP contribution >= 0.6 is 22.9 Å². The third-order valence-corrected chi connectivity index (χ3v) is 8.45. The van der Waals surface area contributed by atoms with Gasteiger partial charge >= 0.3 is 5.97 Å². The van der Waals surface area contributed by atoms with Crippen LogP contribution in [-0.4, -0.2) is 33.9 Å². The second-order valence-electron chi connectivity index (χ2n) is 12.6. The first-order valence-electron chi connectivity index (χ1n) is 13.7. The number of nitrogens with zero attached hydrogens (tertiary/aromatic N) is 2. The first kappa shape index (κ1) is 29.2. The molecule has 0 bridgehead atoms. The Hall–Kier alpha value is -3.32. The molecule has 4 aromatic rings. The first-order valence-corrected chi connectivity index (χ1v) is 14.9. The SMILES string of the molecule is Cc1cc2nc(-c3cccc(C4=CC(C(C)(C)C)N=C4)c3)sc2c(-c2ccc(Cl)cc2)c1[C@H](OC(C)(C)C)C(=O)O. The summed E-state index contributed by atoms with van der Waals surface area (Å²) in [5, 5.41) is 11.8. The van der Waals surface area contributed by atoms with Crippen molar-refractivity contribution in [2.75, 3.05) is 0 Å². The molecule has 2 heterocycles. The highest BCUT2D eigenvalue weighted by Crippen LogP contribution is 2.44. The number of aliphatic carboxylic acids is 1. The maximum Gasteiger partial charge on any atom is 0.337 e. The van der Waals surface area contributed by atoms with Gasteiger partial charge in [0, 0.05) is 27.9 Å². The molecular formula is C34H35ClN2O3S. The van der Waals surface area contributed by atoms with Crippen LogP contribution in [0.5, 0.6) is 0 Å². The van der Waals surface area contributed by atoms with Crippen molar-refractivity contribution in [2.45, 2.75) is 66.2 Å². The van der Waals surface area contributed by atoms with Crippen molar-refractivity contribution in [3.8, 4) is 21.7 Å². The maximum absolute atomic E-state index is 12.6. The summed E-state index contributed by atoms with van der Waals surface area (Å²) in [4.78, 5) is 22.4. The van der Waals surface area contributed by atoms with Crippen molar-refractivity contribution in [2.24, 2.45) is 10.4 Å². The molecule has 1 aromatic heterocycles. The van der Waals surface area contributed by atoms with E-state index in [2.05, 4.69) is 45.0 Å². The number of aryl methyl sites for hydroxylation is 1. The van der Waals surface area contributed by atoms with E-state index in [0.29, 0.717) is 10.6 Å². The van der Waals surface area contributed by atoms with Gasteiger partial charge in [-0.3, -0.25) is 4.99 Å². The van der Waals surface area contributed by atoms with Gasteiger partial charge in [0.15, 0.2) is 6.10 Å². The molecule has 0 saturated carbocycles. The normalized spacial score (nSPS) is 16.3. The molecule has 0 radical (unpaired) electrons. The third kappa shape index (κ3) is 6.15. The zero-order chi connectivity index (χ0) is 29.7. The highest BCUT2D eigenvalue weighted by atomic mass is 35.5. The van der Waals surface area contributed by atoms with Gasteiger partial charge in [-0.25, -0.2) is 9.78 Å². The van der Waals surface area contributed by atoms with Crippen molar-refractivity contribution >= 4 is 50.9 Å². The van der Waals surface area contributed by atoms with Crippen LogP contribution in [0.3, 0.4) is 0 Å². The topological polar surface area (TPSA) is 71.8 Å². The van der Waals surface area contributed by atoms with Gasteiger partial charge in [-0.2, -0.15) is 0 Å². The predicted molar refractivity (Wildman–Crippen MR) is 171 cm³/mol. The van der Waals surface area contributed by atoms with Crippen molar-refractivity contribution < 1.29 is 14.6 Å². The Morgan fingerprint density at radius 1 is 1.00 bits per heavy atom. The van der Waals surface area contributed by atoms with Crippen molar-refractivity contribution in [1.29, 1.82) is 0 Å². The quantitative estimate of drug-likeness (QED) is 0.244. The molecule has 41 heavy (non-hydrogen) atoms. The minimum Gasteiger partial charge on any atom is -0.479 e. The van der Waals surface area contributed by atoms with E-state index in [9.17, 15) is 9.90 Å². The number of benzene rings is 3. The fourth-order valence-electron chi connectivity index (χ4n) is 5.05. The summed E-state index contributed by atoms with van der Waals surface area (Å²) in [6.07, 6.45) is 3.04. The van der Waals surface area contributed by atoms with Gasteiger partial charge in [0.2, 0.25) is 0 Å². The van der Waals surface area contributed by atoms with E-state index in [1.54, 1.807) is 11.3 Å². The van der Waals surface area contributed by atoms with E-state index in [4.69, 9.17) is 26.3 Å². The summed E-state index contributed by atoms with van der Waals surface area (Å²) in [5.74, 6) is -1.03. The van der Waals surface area contributed by atoms with Crippen LogP contribution in [0.1, 0.15) is 64.3 Å². The van der Waals surface area contributed by atoms with Crippen LogP contribution in [0.15, 0.2) is 65.7 Å². The molecule has 0 aliphatic carbocycles. The molecule has 1 aliphatic heterocycles. The highest BCUT2D eigenvalue weighted by molar-refractivity contribution is 7.22. The van der Waals surface area contributed by atoms with E-state index >= 15 is 0 Å². The summed E-state index contributed by atoms with van der Waals surface area (Å²) in [5.41, 5.74) is 6.53. The number of rotatable bonds is 6. The van der Waals surface area contributed by atoms with Gasteiger partial charge in [-0.1, -0.05) is 68.8 Å². The summed E-state index contributed by atoms with van der Waals surface area (Å²) in [6.45, 7) is 14.1. The molecule has 212 valence electrons. The van der Waals surface area contributed by atoms with Crippen LogP contribution in [0, 0.1) is 12.3 Å². The Morgan fingerprint density at radius 3 is 2.29 bits per heavy atom. The highest BCUT2D eigenvalue weighted by Gasteiger charge is 2.32. The number of fused-ring (bicyclic) bond motifs is 1. The number of aromatic nitrogens is 1. The average molecular weight is 587 g/mol. The van der Waals surface area contributed by atoms with E-state index in [1.165, 1.54) is 0 Å². The Morgan fingerprint density at radius 2 is 1.68 bits per heavy atom. The lowest BCUT2D eigenvalue weighted by atomic mass is 9.87. The fraction of sp³-hybridized carbons (Fsp3) is 0.324. The fourth-order valence-corrected chi connectivity index (χ4v) is 6.30. The number of ether oxygens (including phenoxy) is 1. The molecule has 0 saturated heterocycles. The van der Waals surface area contributed by atoms with Crippen molar-refractivity contribution in [3.05, 3.63) is 82.4 Å². The molecule has 0 spiro atoms. The van der Waals surface area contributed by atoms with Crippen molar-refractivity contribution in [1.82, 2.24) is 4.98 Å². The summed E-state index contributed by atoms with van der Waals surface area (Å²) in [7, 11) is 0. The van der Waals surface area contributed by atoms with Crippen LogP contribution in [0.2, 0.25) is 5.02 Å². The summed E-state index contributed by atoms with van der Waals surface area (Å²) < 4.78 is 7.05. The zero-order valence-electron chi connectivity index (χ0n) is 24.4. The predicted octanol–water partition coefficient (Wildman–Crippen LogP) is 9.42. The summed E-state index contributed by atoms with van der Waals surface area (Å²) >= 11 is 7.79. The molecule has 5 nitrogen and oxygen atoms in total. The lowest BCUT2D eigenvalue weighted by molar-refractivity contribution is -0.160. The number of hydrogen-bond donors (Lipinski definition) is 1. The van der Waals surface area contributed by atoms with E-state index in [0.717, 1.165) is 48.6 Å². The lowest BCUT2D eigenvalue weighted by Gasteiger charge is -2.28. The number of halogens is 1. The van der Waals surface area contributed by atoms with Gasteiger partial charge in [-0.15, -0.1) is 11.3 Å². The van der Waals surface area contributed by atoms with E-state index in [1.807, 2.05) is 70.3 Å².